The van der Waals surface area contributed by atoms with Gasteiger partial charge in [0.15, 0.2) is 0 Å². The molecule has 9 aromatic rings. The molecule has 0 aliphatic rings. The molecule has 0 unspecified atom stereocenters. The molecule has 67 heavy (non-hydrogen) atoms. The molecule has 0 amide bonds. The highest BCUT2D eigenvalue weighted by Crippen LogP contribution is 2.44. The van der Waals surface area contributed by atoms with Crippen molar-refractivity contribution >= 4 is 11.0 Å². The molecule has 4 nitrogen and oxygen atoms in total. The van der Waals surface area contributed by atoms with Crippen molar-refractivity contribution in [2.75, 3.05) is 0 Å². The van der Waals surface area contributed by atoms with Gasteiger partial charge < -0.3 is 5.11 Å². The predicted molar refractivity (Wildman–Crippen MR) is 283 cm³/mol. The van der Waals surface area contributed by atoms with Crippen LogP contribution in [0.5, 0.6) is 5.75 Å². The maximum absolute atomic E-state index is 12.0. The number of para-hydroxylation sites is 1. The summed E-state index contributed by atoms with van der Waals surface area (Å²) in [5, 5.41) is 12.0. The summed E-state index contributed by atoms with van der Waals surface area (Å²) in [5.41, 5.74) is 9.22. The van der Waals surface area contributed by atoms with E-state index in [1.807, 2.05) is 97.3 Å². The van der Waals surface area contributed by atoms with Crippen LogP contribution in [0, 0.1) is 20.7 Å². The van der Waals surface area contributed by atoms with E-state index in [1.165, 1.54) is 24.3 Å². The summed E-state index contributed by atoms with van der Waals surface area (Å²) in [4.78, 5) is 10.3. The predicted octanol–water partition coefficient (Wildman–Crippen LogP) is 16.9. The van der Waals surface area contributed by atoms with Gasteiger partial charge in [0.1, 0.15) is 11.6 Å². The van der Waals surface area contributed by atoms with Crippen LogP contribution in [-0.4, -0.2) is 19.6 Å². The molecule has 336 valence electrons. The molecule has 7 aromatic carbocycles. The van der Waals surface area contributed by atoms with Gasteiger partial charge in [-0.05, 0) is 152 Å². The molecular formula is C63H63N3O. The number of hydrogen-bond donors (Lipinski definition) is 1. The van der Waals surface area contributed by atoms with Gasteiger partial charge in [-0.3, -0.25) is 9.55 Å². The molecule has 4 heteroatoms. The van der Waals surface area contributed by atoms with Crippen molar-refractivity contribution in [3.05, 3.63) is 191 Å². The highest BCUT2D eigenvalue weighted by atomic mass is 16.3. The Morgan fingerprint density at radius 1 is 0.493 bits per heavy atom. The summed E-state index contributed by atoms with van der Waals surface area (Å²) in [6.45, 7) is 3.92. The van der Waals surface area contributed by atoms with Crippen LogP contribution in [0.4, 0.5) is 0 Å². The van der Waals surface area contributed by atoms with E-state index >= 15 is 0 Å². The van der Waals surface area contributed by atoms with Gasteiger partial charge in [-0.25, -0.2) is 4.98 Å². The summed E-state index contributed by atoms with van der Waals surface area (Å²) in [6, 6.07) is 46.8. The SMILES string of the molecule is [2H]C([2H])([2H])c1cc(-n2c(-c3cc(C)cc(C)c3O)nc3c(-c4cc(-c5cc(-c6ccc(C(C([2H])([2H])[2H])(C([2H])([2H])[2H])C([2H])([2H])[2H])cc6)ccn5)cc(C(C)(C)C)c4)cccc32)c(-c2ccc(C(C)(C)C)cc2)cc1-c1ccccc1. The highest BCUT2D eigenvalue weighted by Gasteiger charge is 2.26. The molecule has 0 saturated carbocycles. The summed E-state index contributed by atoms with van der Waals surface area (Å²) >= 11 is 0. The number of aromatic hydroxyl groups is 1. The number of phenols is 1. The molecule has 0 saturated heterocycles. The van der Waals surface area contributed by atoms with E-state index in [0.29, 0.717) is 56.1 Å². The fourth-order valence-corrected chi connectivity index (χ4v) is 8.94. The van der Waals surface area contributed by atoms with Crippen LogP contribution in [0.1, 0.15) is 112 Å². The number of pyridine rings is 1. The molecule has 0 fully saturated rings. The summed E-state index contributed by atoms with van der Waals surface area (Å²) in [7, 11) is 0. The van der Waals surface area contributed by atoms with Gasteiger partial charge in [0, 0.05) is 39.3 Å². The van der Waals surface area contributed by atoms with Crippen LogP contribution >= 0.6 is 0 Å². The number of aryl methyl sites for hydroxylation is 3. The van der Waals surface area contributed by atoms with Crippen LogP contribution in [0.15, 0.2) is 158 Å². The summed E-state index contributed by atoms with van der Waals surface area (Å²) in [5.74, 6) is 0.449. The van der Waals surface area contributed by atoms with Crippen LogP contribution in [0.2, 0.25) is 0 Å². The first-order valence-electron chi connectivity index (χ1n) is 28.6. The highest BCUT2D eigenvalue weighted by molar-refractivity contribution is 5.98. The Morgan fingerprint density at radius 3 is 1.82 bits per heavy atom. The zero-order valence-corrected chi connectivity index (χ0v) is 39.3. The molecule has 0 radical (unpaired) electrons. The Hall–Kier alpha value is -7.04. The first kappa shape index (κ1) is 32.6. The average molecular weight is 890 g/mol. The molecular weight excluding hydrogens is 815 g/mol. The van der Waals surface area contributed by atoms with Gasteiger partial charge in [0.2, 0.25) is 0 Å². The fraction of sp³-hybridized carbons (Fsp3) is 0.238. The molecule has 2 aromatic heterocycles. The minimum Gasteiger partial charge on any atom is -0.507 e. The van der Waals surface area contributed by atoms with E-state index in [4.69, 9.17) is 26.4 Å². The topological polar surface area (TPSA) is 50.9 Å². The quantitative estimate of drug-likeness (QED) is 0.173. The maximum Gasteiger partial charge on any atom is 0.149 e. The lowest BCUT2D eigenvalue weighted by Crippen LogP contribution is -2.11. The van der Waals surface area contributed by atoms with E-state index in [1.54, 1.807) is 18.3 Å². The molecule has 0 aliphatic heterocycles. The molecule has 0 spiro atoms. The number of fused-ring (bicyclic) bond motifs is 1. The minimum atomic E-state index is -3.39. The van der Waals surface area contributed by atoms with E-state index in [-0.39, 0.29) is 27.7 Å². The first-order valence-corrected chi connectivity index (χ1v) is 22.6. The second kappa shape index (κ2) is 17.0. The van der Waals surface area contributed by atoms with Crippen LogP contribution in [-0.2, 0) is 16.2 Å². The van der Waals surface area contributed by atoms with Crippen molar-refractivity contribution in [2.24, 2.45) is 0 Å². The van der Waals surface area contributed by atoms with Crippen molar-refractivity contribution in [3.8, 4) is 78.6 Å². The minimum absolute atomic E-state index is 0.0421. The van der Waals surface area contributed by atoms with Crippen molar-refractivity contribution in [2.45, 2.75) is 99.0 Å². The molecule has 0 bridgehead atoms. The molecule has 0 aliphatic carbocycles. The van der Waals surface area contributed by atoms with Crippen molar-refractivity contribution < 1.29 is 21.6 Å². The Morgan fingerprint density at radius 2 is 1.15 bits per heavy atom. The zero-order valence-electron chi connectivity index (χ0n) is 51.3. The lowest BCUT2D eigenvalue weighted by Gasteiger charge is -2.22. The van der Waals surface area contributed by atoms with Crippen LogP contribution in [0.3, 0.4) is 0 Å². The third-order valence-electron chi connectivity index (χ3n) is 12.7. The number of benzene rings is 7. The van der Waals surface area contributed by atoms with Crippen LogP contribution in [0.25, 0.3) is 83.9 Å². The molecule has 0 atom stereocenters. The standard InChI is InChI=1S/C63H63N3O/c1-39-31-41(3)59(67)54(32-39)60-65-58-51(46-34-47(36-50(35-46)63(10,11)12)55-37-45(29-30-64-55)42-21-25-48(26-22-42)61(4,5)6)19-16-20-56(58)66(60)57-33-40(2)52(43-17-14-13-15-18-43)38-53(57)44-23-27-49(28-24-44)62(7,8)9/h13-38,67H,1-12H3/i2D3,4D3,5D3,6D3. The van der Waals surface area contributed by atoms with Crippen molar-refractivity contribution in [1.29, 1.82) is 0 Å². The van der Waals surface area contributed by atoms with Gasteiger partial charge in [-0.2, -0.15) is 0 Å². The Balaban J connectivity index is 1.29. The van der Waals surface area contributed by atoms with Gasteiger partial charge in [0.05, 0.1) is 28.0 Å². The van der Waals surface area contributed by atoms with E-state index in [2.05, 4.69) is 77.9 Å². The second-order valence-corrected chi connectivity index (χ2v) is 19.8. The number of imidazole rings is 1. The zero-order chi connectivity index (χ0) is 57.6. The van der Waals surface area contributed by atoms with Gasteiger partial charge in [0.25, 0.3) is 0 Å². The lowest BCUT2D eigenvalue weighted by atomic mass is 9.83. The van der Waals surface area contributed by atoms with Crippen LogP contribution < -0.4 is 0 Å². The number of aromatic nitrogens is 3. The Labute approximate surface area is 414 Å². The third kappa shape index (κ3) is 8.86. The molecule has 2 heterocycles. The van der Waals surface area contributed by atoms with Gasteiger partial charge in [-0.1, -0.05) is 165 Å². The Bertz CT molecular complexity index is 3730. The third-order valence-corrected chi connectivity index (χ3v) is 12.7. The maximum atomic E-state index is 12.0. The summed E-state index contributed by atoms with van der Waals surface area (Å²) < 4.78 is 103. The largest absolute Gasteiger partial charge is 0.507 e. The first-order chi connectivity index (χ1) is 36.7. The number of nitrogens with zero attached hydrogens (tertiary/aromatic N) is 3. The number of phenolic OH excluding ortho intramolecular Hbond substituents is 1. The number of rotatable bonds is 7. The van der Waals surface area contributed by atoms with Crippen molar-refractivity contribution in [3.63, 3.8) is 0 Å². The average Bonchev–Trinajstić information content (AvgIpc) is 3.89. The smallest absolute Gasteiger partial charge is 0.149 e. The van der Waals surface area contributed by atoms with Gasteiger partial charge >= 0.3 is 0 Å². The number of hydrogen-bond acceptors (Lipinski definition) is 3. The normalized spacial score (nSPS) is 15.6. The second-order valence-electron chi connectivity index (χ2n) is 19.8. The summed E-state index contributed by atoms with van der Waals surface area (Å²) in [6.07, 6.45) is 1.65. The monoisotopic (exact) mass is 890 g/mol. The lowest BCUT2D eigenvalue weighted by molar-refractivity contribution is 0.472. The van der Waals surface area contributed by atoms with E-state index in [0.717, 1.165) is 50.1 Å². The van der Waals surface area contributed by atoms with E-state index < -0.39 is 32.8 Å². The van der Waals surface area contributed by atoms with Gasteiger partial charge in [-0.15, -0.1) is 0 Å². The molecule has 9 rings (SSSR count). The van der Waals surface area contributed by atoms with Crippen molar-refractivity contribution in [1.82, 2.24) is 14.5 Å². The Kier molecular flexibility index (Phi) is 8.27. The molecule has 1 N–H and O–H groups in total. The van der Waals surface area contributed by atoms with E-state index in [9.17, 15) is 5.11 Å². The fourth-order valence-electron chi connectivity index (χ4n) is 8.94.